The second-order valence-corrected chi connectivity index (χ2v) is 18.2. The summed E-state index contributed by atoms with van der Waals surface area (Å²) in [6, 6.07) is 39.6. The van der Waals surface area contributed by atoms with E-state index in [0.717, 1.165) is 83.2 Å². The van der Waals surface area contributed by atoms with Crippen molar-refractivity contribution in [1.82, 2.24) is 0 Å². The van der Waals surface area contributed by atoms with Crippen LogP contribution in [0.15, 0.2) is 156 Å². The number of carbonyl (C=O) groups excluding carboxylic acids is 2. The highest BCUT2D eigenvalue weighted by atomic mass is 32.2. The van der Waals surface area contributed by atoms with E-state index in [9.17, 15) is 35.5 Å². The van der Waals surface area contributed by atoms with Gasteiger partial charge in [0.1, 0.15) is 33.3 Å². The molecule has 0 aliphatic heterocycles. The van der Waals surface area contributed by atoms with Crippen molar-refractivity contribution >= 4 is 65.2 Å². The summed E-state index contributed by atoms with van der Waals surface area (Å²) in [6.07, 6.45) is 9.32. The topological polar surface area (TPSA) is 180 Å². The average molecular weight is 903 g/mol. The number of benzene rings is 5. The molecular formula is C50H54N4O8S2. The van der Waals surface area contributed by atoms with Gasteiger partial charge in [0.2, 0.25) is 22.8 Å². The number of pyridine rings is 2. The normalized spacial score (nSPS) is 11.2. The van der Waals surface area contributed by atoms with Gasteiger partial charge in [-0.05, 0) is 85.6 Å². The zero-order chi connectivity index (χ0) is 46.3. The van der Waals surface area contributed by atoms with Crippen molar-refractivity contribution in [2.75, 3.05) is 10.6 Å². The lowest BCUT2D eigenvalue weighted by Crippen LogP contribution is -2.33. The van der Waals surface area contributed by atoms with Crippen molar-refractivity contribution in [3.8, 4) is 0 Å². The highest BCUT2D eigenvalue weighted by Gasteiger charge is 2.13. The summed E-state index contributed by atoms with van der Waals surface area (Å²) in [6.45, 7) is 10.0. The summed E-state index contributed by atoms with van der Waals surface area (Å²) in [5, 5.41) is 8.27. The van der Waals surface area contributed by atoms with E-state index in [1.54, 1.807) is 24.3 Å². The second-order valence-electron chi connectivity index (χ2n) is 15.5. The van der Waals surface area contributed by atoms with Gasteiger partial charge in [0.25, 0.3) is 0 Å². The number of hydrogen-bond donors (Lipinski definition) is 2. The Morgan fingerprint density at radius 2 is 0.875 bits per heavy atom. The number of nitrogens with zero attached hydrogens (tertiary/aromatic N) is 2. The number of nitrogens with one attached hydrogen (secondary N) is 2. The maximum Gasteiger partial charge on any atom is 0.228 e. The molecule has 7 rings (SSSR count). The highest BCUT2D eigenvalue weighted by Crippen LogP contribution is 2.19. The van der Waals surface area contributed by atoms with Gasteiger partial charge in [0, 0.05) is 59.3 Å². The van der Waals surface area contributed by atoms with E-state index in [1.165, 1.54) is 35.3 Å². The van der Waals surface area contributed by atoms with Crippen molar-refractivity contribution in [3.63, 3.8) is 0 Å². The molecule has 0 saturated carbocycles. The van der Waals surface area contributed by atoms with Crippen LogP contribution in [-0.4, -0.2) is 37.8 Å². The molecular weight excluding hydrogens is 849 g/mol. The molecule has 0 saturated heterocycles. The van der Waals surface area contributed by atoms with Crippen molar-refractivity contribution in [2.45, 2.75) is 89.1 Å². The van der Waals surface area contributed by atoms with Crippen LogP contribution in [0.4, 0.5) is 11.4 Å². The Labute approximate surface area is 376 Å². The number of rotatable bonds is 14. The minimum atomic E-state index is -4.27. The SMILES string of the molecule is CCCC[n+]1cccc2cc(NC(=O)Cc3ccc(CC(=O)Nc4ccc5c(ccc[n+]5CCCC)c4)cc3)ccc21.Cc1ccc(S(=O)(=O)[O-])cc1.Cc1ccc(S(=O)(=O)[O-])cc1. The number of unbranched alkanes of at least 4 members (excludes halogenated alkanes) is 2. The molecule has 0 aliphatic carbocycles. The predicted molar refractivity (Wildman–Crippen MR) is 247 cm³/mol. The Bertz CT molecular complexity index is 2710. The van der Waals surface area contributed by atoms with Crippen LogP contribution in [0.25, 0.3) is 21.8 Å². The molecule has 0 fully saturated rings. The van der Waals surface area contributed by atoms with Gasteiger partial charge in [-0.3, -0.25) is 9.59 Å². The first-order chi connectivity index (χ1) is 30.5. The molecule has 0 radical (unpaired) electrons. The molecule has 0 atom stereocenters. The third-order valence-electron chi connectivity index (χ3n) is 10.2. The molecule has 2 heterocycles. The molecule has 0 bridgehead atoms. The van der Waals surface area contributed by atoms with E-state index in [-0.39, 0.29) is 34.4 Å². The minimum Gasteiger partial charge on any atom is -0.744 e. The molecule has 64 heavy (non-hydrogen) atoms. The number of aromatic nitrogens is 2. The van der Waals surface area contributed by atoms with Crippen LogP contribution in [-0.2, 0) is 55.8 Å². The molecule has 0 unspecified atom stereocenters. The molecule has 14 heteroatoms. The maximum atomic E-state index is 12.8. The Morgan fingerprint density at radius 1 is 0.516 bits per heavy atom. The quantitative estimate of drug-likeness (QED) is 0.0808. The molecule has 12 nitrogen and oxygen atoms in total. The Balaban J connectivity index is 0.000000284. The van der Waals surface area contributed by atoms with Crippen molar-refractivity contribution in [3.05, 3.63) is 168 Å². The van der Waals surface area contributed by atoms with Crippen LogP contribution in [0.2, 0.25) is 0 Å². The Morgan fingerprint density at radius 3 is 1.20 bits per heavy atom. The summed E-state index contributed by atoms with van der Waals surface area (Å²) in [5.74, 6) is -0.135. The van der Waals surface area contributed by atoms with E-state index >= 15 is 0 Å². The summed E-state index contributed by atoms with van der Waals surface area (Å²) >= 11 is 0. The number of carbonyl (C=O) groups is 2. The monoisotopic (exact) mass is 902 g/mol. The molecule has 0 spiro atoms. The number of fused-ring (bicyclic) bond motifs is 2. The summed E-state index contributed by atoms with van der Waals surface area (Å²) in [7, 11) is -8.54. The standard InChI is InChI=1S/C36H38N4O2.2C7H8O3S/c1-3-5-19-39-21-7-9-29-25-31(15-17-33(29)39)37-35(41)23-27-11-13-28(14-12-27)24-36(42)38-32-16-18-34-30(26-32)10-8-22-40(34)20-6-4-2;2*1-6-2-4-7(5-3-6)11(8,9)10/h7-18,21-22,25-26H,3-6,19-20,23-24H2,1-2H3;2*2-5H,1H3,(H,8,9,10). The zero-order valence-corrected chi connectivity index (χ0v) is 38.1. The van der Waals surface area contributed by atoms with Gasteiger partial charge in [-0.15, -0.1) is 0 Å². The smallest absolute Gasteiger partial charge is 0.228 e. The van der Waals surface area contributed by atoms with Crippen LogP contribution in [0, 0.1) is 13.8 Å². The van der Waals surface area contributed by atoms with Gasteiger partial charge in [0.15, 0.2) is 12.4 Å². The van der Waals surface area contributed by atoms with Crippen LogP contribution in [0.5, 0.6) is 0 Å². The van der Waals surface area contributed by atoms with E-state index in [4.69, 9.17) is 0 Å². The molecule has 2 aromatic heterocycles. The Kier molecular flexibility index (Phi) is 17.4. The maximum absolute atomic E-state index is 12.8. The fourth-order valence-electron chi connectivity index (χ4n) is 6.73. The van der Waals surface area contributed by atoms with Gasteiger partial charge < -0.3 is 19.7 Å². The molecule has 2 amide bonds. The number of hydrogen-bond acceptors (Lipinski definition) is 8. The summed E-state index contributed by atoms with van der Waals surface area (Å²) in [4.78, 5) is 25.2. The molecule has 5 aromatic carbocycles. The summed E-state index contributed by atoms with van der Waals surface area (Å²) < 4.78 is 66.9. The first-order valence-electron chi connectivity index (χ1n) is 21.1. The first kappa shape index (κ1) is 48.7. The van der Waals surface area contributed by atoms with Crippen molar-refractivity contribution in [1.29, 1.82) is 0 Å². The number of amides is 2. The lowest BCUT2D eigenvalue weighted by Gasteiger charge is -2.09. The van der Waals surface area contributed by atoms with Crippen molar-refractivity contribution < 1.29 is 44.7 Å². The van der Waals surface area contributed by atoms with E-state index in [0.29, 0.717) is 0 Å². The molecule has 2 N–H and O–H groups in total. The van der Waals surface area contributed by atoms with Gasteiger partial charge in [-0.25, -0.2) is 16.8 Å². The molecule has 0 aliphatic rings. The number of anilines is 2. The minimum absolute atomic E-state index is 0.0676. The summed E-state index contributed by atoms with van der Waals surface area (Å²) in [5.41, 5.74) is 7.58. The predicted octanol–water partition coefficient (Wildman–Crippen LogP) is 8.33. The van der Waals surface area contributed by atoms with Gasteiger partial charge in [-0.1, -0.05) is 86.3 Å². The molecule has 7 aromatic rings. The van der Waals surface area contributed by atoms with Gasteiger partial charge in [-0.2, -0.15) is 9.13 Å². The van der Waals surface area contributed by atoms with Crippen molar-refractivity contribution in [2.24, 2.45) is 0 Å². The second kappa shape index (κ2) is 22.9. The zero-order valence-electron chi connectivity index (χ0n) is 36.5. The lowest BCUT2D eigenvalue weighted by molar-refractivity contribution is -0.672. The van der Waals surface area contributed by atoms with Gasteiger partial charge >= 0.3 is 0 Å². The average Bonchev–Trinajstić information content (AvgIpc) is 3.25. The lowest BCUT2D eigenvalue weighted by atomic mass is 10.1. The van der Waals surface area contributed by atoms with Crippen LogP contribution < -0.4 is 19.8 Å². The van der Waals surface area contributed by atoms with Crippen LogP contribution in [0.3, 0.4) is 0 Å². The fraction of sp³-hybridized carbons (Fsp3) is 0.240. The highest BCUT2D eigenvalue weighted by molar-refractivity contribution is 7.86. The number of aryl methyl sites for hydroxylation is 4. The van der Waals surface area contributed by atoms with E-state index in [1.807, 2.05) is 62.4 Å². The largest absolute Gasteiger partial charge is 0.744 e. The first-order valence-corrected chi connectivity index (χ1v) is 23.9. The van der Waals surface area contributed by atoms with Crippen LogP contribution >= 0.6 is 0 Å². The third-order valence-corrected chi connectivity index (χ3v) is 11.9. The Hall–Kier alpha value is -6.32. The van der Waals surface area contributed by atoms with Crippen LogP contribution in [0.1, 0.15) is 61.8 Å². The molecule has 334 valence electrons. The fourth-order valence-corrected chi connectivity index (χ4v) is 7.67. The van der Waals surface area contributed by atoms with E-state index < -0.39 is 20.2 Å². The van der Waals surface area contributed by atoms with Gasteiger partial charge in [0.05, 0.1) is 22.6 Å². The van der Waals surface area contributed by atoms with E-state index in [2.05, 4.69) is 82.4 Å². The third kappa shape index (κ3) is 14.9.